The van der Waals surface area contributed by atoms with E-state index in [0.29, 0.717) is 26.4 Å². The molecule has 1 fully saturated rings. The second kappa shape index (κ2) is 14.8. The molecule has 1 aliphatic heterocycles. The van der Waals surface area contributed by atoms with Gasteiger partial charge in [-0.05, 0) is 23.1 Å². The van der Waals surface area contributed by atoms with E-state index in [1.807, 2.05) is 91.0 Å². The van der Waals surface area contributed by atoms with Crippen molar-refractivity contribution in [1.82, 2.24) is 0 Å². The Morgan fingerprint density at radius 3 is 1.68 bits per heavy atom. The lowest BCUT2D eigenvalue weighted by molar-refractivity contribution is -0.266. The Morgan fingerprint density at radius 1 is 0.684 bits per heavy atom. The van der Waals surface area contributed by atoms with Gasteiger partial charge in [0.1, 0.15) is 18.3 Å². The van der Waals surface area contributed by atoms with Crippen LogP contribution in [-0.2, 0) is 48.3 Å². The Labute approximate surface area is 225 Å². The zero-order chi connectivity index (χ0) is 26.6. The van der Waals surface area contributed by atoms with Crippen LogP contribution in [-0.4, -0.2) is 43.1 Å². The van der Waals surface area contributed by atoms with Crippen LogP contribution in [0.5, 0.6) is 0 Å². The highest BCUT2D eigenvalue weighted by Crippen LogP contribution is 2.32. The molecule has 6 nitrogen and oxygen atoms in total. The number of carbonyl (C=O) groups excluding carboxylic acids is 1. The van der Waals surface area contributed by atoms with E-state index < -0.39 is 24.4 Å². The Hall–Kier alpha value is -3.03. The summed E-state index contributed by atoms with van der Waals surface area (Å²) >= 11 is 0. The number of esters is 1. The maximum atomic E-state index is 12.2. The highest BCUT2D eigenvalue weighted by Gasteiger charge is 2.49. The Kier molecular flexibility index (Phi) is 10.9. The smallest absolute Gasteiger partial charge is 0.303 e. The first-order valence-corrected chi connectivity index (χ1v) is 13.4. The average Bonchev–Trinajstić information content (AvgIpc) is 2.94. The van der Waals surface area contributed by atoms with Gasteiger partial charge in [-0.25, -0.2) is 0 Å². The van der Waals surface area contributed by atoms with Crippen LogP contribution in [0.25, 0.3) is 0 Å². The van der Waals surface area contributed by atoms with Gasteiger partial charge in [-0.3, -0.25) is 4.79 Å². The molecule has 6 heteroatoms. The first-order valence-electron chi connectivity index (χ1n) is 13.4. The van der Waals surface area contributed by atoms with Gasteiger partial charge in [-0.2, -0.15) is 0 Å². The molecule has 0 bridgehead atoms. The molecule has 4 rings (SSSR count). The predicted molar refractivity (Wildman–Crippen MR) is 145 cm³/mol. The summed E-state index contributed by atoms with van der Waals surface area (Å²) in [6.45, 7) is 5.05. The second-order valence-electron chi connectivity index (χ2n) is 9.60. The largest absolute Gasteiger partial charge is 0.457 e. The van der Waals surface area contributed by atoms with Gasteiger partial charge in [0.25, 0.3) is 0 Å². The van der Waals surface area contributed by atoms with Crippen LogP contribution >= 0.6 is 0 Å². The molecular formula is C32H38O6. The topological polar surface area (TPSA) is 63.2 Å². The van der Waals surface area contributed by atoms with Crippen molar-refractivity contribution >= 4 is 5.97 Å². The monoisotopic (exact) mass is 518 g/mol. The van der Waals surface area contributed by atoms with Crippen LogP contribution in [0.1, 0.15) is 43.4 Å². The highest BCUT2D eigenvalue weighted by molar-refractivity contribution is 5.66. The lowest BCUT2D eigenvalue weighted by Crippen LogP contribution is -2.61. The molecule has 0 N–H and O–H groups in total. The van der Waals surface area contributed by atoms with Crippen LogP contribution in [0, 0.1) is 0 Å². The molecule has 202 valence electrons. The third kappa shape index (κ3) is 8.23. The van der Waals surface area contributed by atoms with Gasteiger partial charge in [0.2, 0.25) is 0 Å². The fourth-order valence-electron chi connectivity index (χ4n) is 4.77. The summed E-state index contributed by atoms with van der Waals surface area (Å²) in [6.07, 6.45) is -0.754. The van der Waals surface area contributed by atoms with Crippen LogP contribution in [0.4, 0.5) is 0 Å². The molecule has 5 atom stereocenters. The number of benzene rings is 3. The molecule has 3 aromatic carbocycles. The number of ether oxygens (including phenoxy) is 5. The van der Waals surface area contributed by atoms with E-state index in [0.717, 1.165) is 29.5 Å². The normalized spacial score (nSPS) is 23.2. The van der Waals surface area contributed by atoms with Crippen molar-refractivity contribution in [3.8, 4) is 0 Å². The van der Waals surface area contributed by atoms with E-state index in [1.54, 1.807) is 0 Å². The summed E-state index contributed by atoms with van der Waals surface area (Å²) in [5, 5.41) is 0. The maximum absolute atomic E-state index is 12.2. The number of hydrogen-bond acceptors (Lipinski definition) is 6. The molecule has 0 radical (unpaired) electrons. The third-order valence-corrected chi connectivity index (χ3v) is 6.57. The van der Waals surface area contributed by atoms with Gasteiger partial charge in [-0.15, -0.1) is 0 Å². The van der Waals surface area contributed by atoms with Crippen molar-refractivity contribution in [1.29, 1.82) is 0 Å². The highest BCUT2D eigenvalue weighted by atomic mass is 16.6. The van der Waals surface area contributed by atoms with Gasteiger partial charge < -0.3 is 23.7 Å². The first kappa shape index (κ1) is 28.0. The summed E-state index contributed by atoms with van der Waals surface area (Å²) < 4.78 is 31.6. The van der Waals surface area contributed by atoms with Crippen molar-refractivity contribution in [2.75, 3.05) is 6.61 Å². The molecule has 0 unspecified atom stereocenters. The maximum Gasteiger partial charge on any atom is 0.303 e. The summed E-state index contributed by atoms with van der Waals surface area (Å²) in [6, 6.07) is 30.0. The summed E-state index contributed by atoms with van der Waals surface area (Å²) in [5.41, 5.74) is 3.16. The van der Waals surface area contributed by atoms with Crippen molar-refractivity contribution in [3.05, 3.63) is 108 Å². The minimum Gasteiger partial charge on any atom is -0.457 e. The minimum absolute atomic E-state index is 0.326. The number of carbonyl (C=O) groups is 1. The van der Waals surface area contributed by atoms with E-state index in [9.17, 15) is 4.79 Å². The zero-order valence-electron chi connectivity index (χ0n) is 22.2. The first-order chi connectivity index (χ1) is 18.6. The second-order valence-corrected chi connectivity index (χ2v) is 9.60. The van der Waals surface area contributed by atoms with Gasteiger partial charge in [0, 0.05) is 6.92 Å². The van der Waals surface area contributed by atoms with Gasteiger partial charge in [0.05, 0.1) is 32.5 Å². The molecule has 38 heavy (non-hydrogen) atoms. The van der Waals surface area contributed by atoms with E-state index in [1.165, 1.54) is 6.92 Å². The molecule has 3 aromatic rings. The standard InChI is InChI=1S/C32H38O6/c1-3-13-28-31(37-24(2)33)32(36-22-27-18-11-6-12-19-27)30(35-21-26-16-9-5-10-17-26)29(38-28)23-34-20-25-14-7-4-8-15-25/h4-12,14-19,28-32H,3,13,20-23H2,1-2H3/t28-,29+,30+,31+,32-/m0/s1. The molecule has 0 spiro atoms. The quantitative estimate of drug-likeness (QED) is 0.264. The molecule has 1 heterocycles. The van der Waals surface area contributed by atoms with Crippen molar-refractivity contribution in [3.63, 3.8) is 0 Å². The number of hydrogen-bond donors (Lipinski definition) is 0. The predicted octanol–water partition coefficient (Wildman–Crippen LogP) is 5.87. The van der Waals surface area contributed by atoms with E-state index in [4.69, 9.17) is 23.7 Å². The fraction of sp³-hybridized carbons (Fsp3) is 0.406. The van der Waals surface area contributed by atoms with E-state index >= 15 is 0 Å². The lowest BCUT2D eigenvalue weighted by Gasteiger charge is -2.46. The molecule has 0 aromatic heterocycles. The van der Waals surface area contributed by atoms with E-state index in [2.05, 4.69) is 6.92 Å². The Balaban J connectivity index is 1.58. The summed E-state index contributed by atoms with van der Waals surface area (Å²) in [7, 11) is 0. The van der Waals surface area contributed by atoms with Crippen LogP contribution < -0.4 is 0 Å². The lowest BCUT2D eigenvalue weighted by atomic mass is 9.92. The van der Waals surface area contributed by atoms with Crippen LogP contribution in [0.15, 0.2) is 91.0 Å². The molecule has 1 aliphatic rings. The van der Waals surface area contributed by atoms with Crippen molar-refractivity contribution < 1.29 is 28.5 Å². The van der Waals surface area contributed by atoms with Crippen LogP contribution in [0.2, 0.25) is 0 Å². The van der Waals surface area contributed by atoms with E-state index in [-0.39, 0.29) is 12.1 Å². The molecule has 0 saturated carbocycles. The van der Waals surface area contributed by atoms with Gasteiger partial charge in [0.15, 0.2) is 6.10 Å². The Bertz CT molecular complexity index is 1070. The minimum atomic E-state index is -0.595. The summed E-state index contributed by atoms with van der Waals surface area (Å²) in [4.78, 5) is 12.2. The summed E-state index contributed by atoms with van der Waals surface area (Å²) in [5.74, 6) is -0.367. The SMILES string of the molecule is CCC[C@@H]1O[C@H](COCc2ccccc2)[C@@H](OCc2ccccc2)[C@H](OCc2ccccc2)[C@@H]1OC(C)=O. The molecule has 0 amide bonds. The van der Waals surface area contributed by atoms with Crippen molar-refractivity contribution in [2.24, 2.45) is 0 Å². The van der Waals surface area contributed by atoms with Gasteiger partial charge in [-0.1, -0.05) is 104 Å². The fourth-order valence-corrected chi connectivity index (χ4v) is 4.77. The average molecular weight is 519 g/mol. The third-order valence-electron chi connectivity index (χ3n) is 6.57. The van der Waals surface area contributed by atoms with Gasteiger partial charge >= 0.3 is 5.97 Å². The van der Waals surface area contributed by atoms with Crippen molar-refractivity contribution in [2.45, 2.75) is 77.0 Å². The van der Waals surface area contributed by atoms with Crippen LogP contribution in [0.3, 0.4) is 0 Å². The zero-order valence-corrected chi connectivity index (χ0v) is 22.2. The molecule has 0 aliphatic carbocycles. The molecule has 1 saturated heterocycles. The Morgan fingerprint density at radius 2 is 1.18 bits per heavy atom. The molecular weight excluding hydrogens is 480 g/mol. The number of rotatable bonds is 13.